The predicted octanol–water partition coefficient (Wildman–Crippen LogP) is 2.25. The monoisotopic (exact) mass is 354 g/mol. The topological polar surface area (TPSA) is 57.3 Å². The average molecular weight is 355 g/mol. The molecular weight excluding hydrogens is 332 g/mol. The van der Waals surface area contributed by atoms with E-state index < -0.39 is 0 Å². The first-order valence-electron chi connectivity index (χ1n) is 7.49. The van der Waals surface area contributed by atoms with Crippen LogP contribution in [-0.2, 0) is 4.79 Å². The maximum absolute atomic E-state index is 12.2. The van der Waals surface area contributed by atoms with Crippen molar-refractivity contribution in [2.45, 2.75) is 31.7 Å². The summed E-state index contributed by atoms with van der Waals surface area (Å²) >= 11 is 3.33. The molecule has 0 spiro atoms. The lowest BCUT2D eigenvalue weighted by Crippen LogP contribution is -2.45. The van der Waals surface area contributed by atoms with Crippen molar-refractivity contribution in [3.63, 3.8) is 0 Å². The number of likely N-dealkylation sites (tertiary alicyclic amines) is 1. The van der Waals surface area contributed by atoms with Gasteiger partial charge < -0.3 is 10.6 Å². The number of aromatic nitrogens is 1. The molecule has 1 saturated heterocycles. The Labute approximate surface area is 134 Å². The SMILES string of the molecule is CNCCC1CCCCN1CC(=O)Nc1ccc(Br)cn1. The van der Waals surface area contributed by atoms with Crippen LogP contribution < -0.4 is 10.6 Å². The van der Waals surface area contributed by atoms with Crippen molar-refractivity contribution < 1.29 is 4.79 Å². The normalized spacial score (nSPS) is 19.4. The third-order valence-corrected chi connectivity index (χ3v) is 4.29. The Morgan fingerprint density at radius 2 is 2.33 bits per heavy atom. The molecule has 1 fully saturated rings. The lowest BCUT2D eigenvalue weighted by atomic mass is 9.99. The van der Waals surface area contributed by atoms with E-state index in [2.05, 4.69) is 36.4 Å². The zero-order valence-electron chi connectivity index (χ0n) is 12.4. The summed E-state index contributed by atoms with van der Waals surface area (Å²) in [5.41, 5.74) is 0. The van der Waals surface area contributed by atoms with Crippen LogP contribution in [0.25, 0.3) is 0 Å². The largest absolute Gasteiger partial charge is 0.320 e. The number of pyridine rings is 1. The van der Waals surface area contributed by atoms with Crippen molar-refractivity contribution in [1.82, 2.24) is 15.2 Å². The van der Waals surface area contributed by atoms with Crippen molar-refractivity contribution in [3.05, 3.63) is 22.8 Å². The highest BCUT2D eigenvalue weighted by atomic mass is 79.9. The van der Waals surface area contributed by atoms with Crippen molar-refractivity contribution in [1.29, 1.82) is 0 Å². The molecule has 21 heavy (non-hydrogen) atoms. The standard InChI is InChI=1S/C15H23BrN4O/c1-17-8-7-13-4-2-3-9-20(13)11-15(21)19-14-6-5-12(16)10-18-14/h5-6,10,13,17H,2-4,7-9,11H2,1H3,(H,18,19,21). The van der Waals surface area contributed by atoms with Gasteiger partial charge in [-0.05, 0) is 67.5 Å². The Morgan fingerprint density at radius 3 is 3.05 bits per heavy atom. The highest BCUT2D eigenvalue weighted by Crippen LogP contribution is 2.19. The fourth-order valence-electron chi connectivity index (χ4n) is 2.72. The van der Waals surface area contributed by atoms with Crippen molar-refractivity contribution in [2.24, 2.45) is 0 Å². The maximum atomic E-state index is 12.2. The fourth-order valence-corrected chi connectivity index (χ4v) is 2.96. The van der Waals surface area contributed by atoms with E-state index in [-0.39, 0.29) is 5.91 Å². The molecule has 116 valence electrons. The van der Waals surface area contributed by atoms with E-state index in [1.807, 2.05) is 13.1 Å². The molecule has 1 amide bonds. The van der Waals surface area contributed by atoms with Crippen molar-refractivity contribution >= 4 is 27.7 Å². The van der Waals surface area contributed by atoms with E-state index in [0.717, 1.165) is 24.0 Å². The molecule has 1 atom stereocenters. The number of halogens is 1. The number of carbonyl (C=O) groups excluding carboxylic acids is 1. The predicted molar refractivity (Wildman–Crippen MR) is 88.3 cm³/mol. The summed E-state index contributed by atoms with van der Waals surface area (Å²) in [6.45, 7) is 2.46. The quantitative estimate of drug-likeness (QED) is 0.822. The van der Waals surface area contributed by atoms with Gasteiger partial charge in [0.15, 0.2) is 0 Å². The molecule has 1 aromatic heterocycles. The van der Waals surface area contributed by atoms with Gasteiger partial charge in [-0.2, -0.15) is 0 Å². The van der Waals surface area contributed by atoms with Crippen LogP contribution >= 0.6 is 15.9 Å². The van der Waals surface area contributed by atoms with Crippen molar-refractivity contribution in [3.8, 4) is 0 Å². The number of nitrogens with one attached hydrogen (secondary N) is 2. The zero-order valence-corrected chi connectivity index (χ0v) is 14.0. The van der Waals surface area contributed by atoms with Gasteiger partial charge in [0.25, 0.3) is 0 Å². The van der Waals surface area contributed by atoms with E-state index in [1.54, 1.807) is 12.3 Å². The van der Waals surface area contributed by atoms with Gasteiger partial charge in [-0.1, -0.05) is 6.42 Å². The number of rotatable bonds is 6. The molecule has 1 aliphatic heterocycles. The molecule has 2 rings (SSSR count). The van der Waals surface area contributed by atoms with Gasteiger partial charge in [-0.15, -0.1) is 0 Å². The van der Waals surface area contributed by atoms with E-state index in [4.69, 9.17) is 0 Å². The molecule has 0 aliphatic carbocycles. The Bertz CT molecular complexity index is 451. The summed E-state index contributed by atoms with van der Waals surface area (Å²) in [4.78, 5) is 18.6. The molecule has 0 saturated carbocycles. The van der Waals surface area contributed by atoms with Gasteiger partial charge in [0.1, 0.15) is 5.82 Å². The summed E-state index contributed by atoms with van der Waals surface area (Å²) in [5, 5.41) is 6.06. The number of nitrogens with zero attached hydrogens (tertiary/aromatic N) is 2. The van der Waals surface area contributed by atoms with E-state index in [0.29, 0.717) is 18.4 Å². The molecule has 2 N–H and O–H groups in total. The number of carbonyl (C=O) groups is 1. The van der Waals surface area contributed by atoms with Gasteiger partial charge in [-0.25, -0.2) is 4.98 Å². The van der Waals surface area contributed by atoms with Crippen molar-refractivity contribution in [2.75, 3.05) is 32.0 Å². The number of hydrogen-bond acceptors (Lipinski definition) is 4. The zero-order chi connectivity index (χ0) is 15.1. The minimum atomic E-state index is 0.0150. The molecule has 1 aromatic rings. The van der Waals surface area contributed by atoms with Crippen LogP contribution in [0, 0.1) is 0 Å². The summed E-state index contributed by atoms with van der Waals surface area (Å²) in [5.74, 6) is 0.619. The van der Waals surface area contributed by atoms with Crippen LogP contribution in [0.4, 0.5) is 5.82 Å². The van der Waals surface area contributed by atoms with Crippen LogP contribution in [-0.4, -0.2) is 48.5 Å². The lowest BCUT2D eigenvalue weighted by Gasteiger charge is -2.35. The van der Waals surface area contributed by atoms with Crippen LogP contribution in [0.3, 0.4) is 0 Å². The highest BCUT2D eigenvalue weighted by Gasteiger charge is 2.23. The van der Waals surface area contributed by atoms with E-state index in [9.17, 15) is 4.79 Å². The van der Waals surface area contributed by atoms with Crippen LogP contribution in [0.5, 0.6) is 0 Å². The Morgan fingerprint density at radius 1 is 1.48 bits per heavy atom. The fraction of sp³-hybridized carbons (Fsp3) is 0.600. The summed E-state index contributed by atoms with van der Waals surface area (Å²) in [6.07, 6.45) is 6.42. The second kappa shape index (κ2) is 8.46. The molecule has 0 aromatic carbocycles. The molecular formula is C15H23BrN4O. The average Bonchev–Trinajstić information content (AvgIpc) is 2.49. The second-order valence-electron chi connectivity index (χ2n) is 5.42. The Kier molecular flexibility index (Phi) is 6.60. The lowest BCUT2D eigenvalue weighted by molar-refractivity contribution is -0.118. The molecule has 0 bridgehead atoms. The smallest absolute Gasteiger partial charge is 0.239 e. The van der Waals surface area contributed by atoms with Crippen LogP contribution in [0.1, 0.15) is 25.7 Å². The minimum Gasteiger partial charge on any atom is -0.320 e. The maximum Gasteiger partial charge on any atom is 0.239 e. The van der Waals surface area contributed by atoms with Gasteiger partial charge in [-0.3, -0.25) is 9.69 Å². The first-order valence-corrected chi connectivity index (χ1v) is 8.28. The van der Waals surface area contributed by atoms with Gasteiger partial charge >= 0.3 is 0 Å². The third kappa shape index (κ3) is 5.37. The summed E-state index contributed by atoms with van der Waals surface area (Å²) in [7, 11) is 1.97. The van der Waals surface area contributed by atoms with Gasteiger partial charge in [0.05, 0.1) is 6.54 Å². The third-order valence-electron chi connectivity index (χ3n) is 3.82. The molecule has 0 radical (unpaired) electrons. The van der Waals surface area contributed by atoms with Gasteiger partial charge in [0.2, 0.25) is 5.91 Å². The van der Waals surface area contributed by atoms with E-state index in [1.165, 1.54) is 19.3 Å². The van der Waals surface area contributed by atoms with Crippen LogP contribution in [0.15, 0.2) is 22.8 Å². The molecule has 5 nitrogen and oxygen atoms in total. The summed E-state index contributed by atoms with van der Waals surface area (Å²) in [6, 6.07) is 4.19. The molecule has 6 heteroatoms. The van der Waals surface area contributed by atoms with E-state index >= 15 is 0 Å². The number of piperidine rings is 1. The number of amides is 1. The summed E-state index contributed by atoms with van der Waals surface area (Å²) < 4.78 is 0.906. The molecule has 2 heterocycles. The first kappa shape index (κ1) is 16.4. The number of hydrogen-bond donors (Lipinski definition) is 2. The Balaban J connectivity index is 1.86. The van der Waals surface area contributed by atoms with Gasteiger partial charge in [0, 0.05) is 16.7 Å². The molecule has 1 unspecified atom stereocenters. The Hall–Kier alpha value is -0.980. The van der Waals surface area contributed by atoms with Crippen LogP contribution in [0.2, 0.25) is 0 Å². The minimum absolute atomic E-state index is 0.0150. The first-order chi connectivity index (χ1) is 10.2. The number of anilines is 1. The highest BCUT2D eigenvalue weighted by molar-refractivity contribution is 9.10. The molecule has 1 aliphatic rings. The second-order valence-corrected chi connectivity index (χ2v) is 6.34.